The monoisotopic (exact) mass is 404 g/mol. The van der Waals surface area contributed by atoms with Gasteiger partial charge in [-0.2, -0.15) is 18.3 Å². The molecule has 2 rings (SSSR count). The molecule has 1 heterocycles. The molecule has 0 bridgehead atoms. The van der Waals surface area contributed by atoms with Crippen LogP contribution in [-0.2, 0) is 6.54 Å². The van der Waals surface area contributed by atoms with Crippen LogP contribution in [0.25, 0.3) is 11.1 Å². The van der Waals surface area contributed by atoms with Crippen molar-refractivity contribution < 1.29 is 22.3 Å². The van der Waals surface area contributed by atoms with Crippen molar-refractivity contribution >= 4 is 11.8 Å². The van der Waals surface area contributed by atoms with Gasteiger partial charge in [0, 0.05) is 10.5 Å². The van der Waals surface area contributed by atoms with Crippen LogP contribution in [0.5, 0.6) is 5.75 Å². The lowest BCUT2D eigenvalue weighted by Gasteiger charge is -2.20. The van der Waals surface area contributed by atoms with Crippen LogP contribution in [-0.4, -0.2) is 28.8 Å². The maximum atomic E-state index is 14.1. The minimum absolute atomic E-state index is 0.0939. The fourth-order valence-corrected chi connectivity index (χ4v) is 2.68. The molecule has 4 nitrogen and oxygen atoms in total. The van der Waals surface area contributed by atoms with Gasteiger partial charge in [-0.15, -0.1) is 11.8 Å². The van der Waals surface area contributed by atoms with Crippen molar-refractivity contribution in [2.75, 3.05) is 12.9 Å². The molecule has 0 atom stereocenters. The lowest BCUT2D eigenvalue weighted by Crippen LogP contribution is -2.32. The van der Waals surface area contributed by atoms with Gasteiger partial charge in [-0.1, -0.05) is 26.8 Å². The molecule has 9 heteroatoms. The Morgan fingerprint density at radius 2 is 1.89 bits per heavy atom. The molecule has 0 saturated carbocycles. The average Bonchev–Trinajstić information content (AvgIpc) is 2.53. The van der Waals surface area contributed by atoms with E-state index in [4.69, 9.17) is 4.74 Å². The first-order valence-electron chi connectivity index (χ1n) is 8.05. The van der Waals surface area contributed by atoms with Gasteiger partial charge < -0.3 is 4.74 Å². The fourth-order valence-electron chi connectivity index (χ4n) is 2.22. The molecular formula is C18H20F4N2O2S. The molecule has 0 N–H and O–H groups in total. The summed E-state index contributed by atoms with van der Waals surface area (Å²) < 4.78 is 58.1. The van der Waals surface area contributed by atoms with Gasteiger partial charge >= 0.3 is 11.7 Å². The second-order valence-corrected chi connectivity index (χ2v) is 8.01. The molecule has 0 radical (unpaired) electrons. The van der Waals surface area contributed by atoms with E-state index in [2.05, 4.69) is 5.10 Å². The van der Waals surface area contributed by atoms with E-state index in [0.717, 1.165) is 6.20 Å². The van der Waals surface area contributed by atoms with E-state index in [0.29, 0.717) is 15.1 Å². The fraction of sp³-hybridized carbons (Fsp3) is 0.444. The Labute approximate surface area is 158 Å². The maximum Gasteiger partial charge on any atom is 0.408 e. The van der Waals surface area contributed by atoms with Gasteiger partial charge in [0.1, 0.15) is 12.4 Å². The number of rotatable bonds is 5. The summed E-state index contributed by atoms with van der Waals surface area (Å²) in [5, 5.41) is 3.59. The summed E-state index contributed by atoms with van der Waals surface area (Å²) in [4.78, 5) is 13.0. The molecule has 0 fully saturated rings. The van der Waals surface area contributed by atoms with E-state index in [-0.39, 0.29) is 23.3 Å². The van der Waals surface area contributed by atoms with Crippen molar-refractivity contribution in [2.24, 2.45) is 5.41 Å². The maximum absolute atomic E-state index is 14.1. The first-order valence-corrected chi connectivity index (χ1v) is 9.27. The number of ether oxygens (including phenoxy) is 1. The van der Waals surface area contributed by atoms with Gasteiger partial charge in [0.2, 0.25) is 0 Å². The summed E-state index contributed by atoms with van der Waals surface area (Å²) in [6, 6.07) is 4.31. The normalized spacial score (nSPS) is 12.3. The molecule has 0 amide bonds. The van der Waals surface area contributed by atoms with Crippen molar-refractivity contribution in [2.45, 2.75) is 38.4 Å². The zero-order chi connectivity index (χ0) is 20.4. The highest BCUT2D eigenvalue weighted by molar-refractivity contribution is 7.98. The predicted octanol–water partition coefficient (Wildman–Crippen LogP) is 4.76. The van der Waals surface area contributed by atoms with Gasteiger partial charge in [0.25, 0.3) is 0 Å². The quantitative estimate of drug-likeness (QED) is 0.533. The molecule has 1 aromatic heterocycles. The van der Waals surface area contributed by atoms with Crippen molar-refractivity contribution in [3.8, 4) is 16.9 Å². The first kappa shape index (κ1) is 21.3. The van der Waals surface area contributed by atoms with Crippen LogP contribution in [0.4, 0.5) is 17.6 Å². The molecule has 27 heavy (non-hydrogen) atoms. The van der Waals surface area contributed by atoms with Crippen molar-refractivity contribution in [3.05, 3.63) is 40.6 Å². The molecule has 148 valence electrons. The van der Waals surface area contributed by atoms with E-state index in [1.165, 1.54) is 23.9 Å². The van der Waals surface area contributed by atoms with Crippen LogP contribution in [0.1, 0.15) is 20.8 Å². The van der Waals surface area contributed by atoms with Crippen molar-refractivity contribution in [3.63, 3.8) is 0 Å². The number of hydrogen-bond donors (Lipinski definition) is 0. The SMILES string of the molecule is CSc1ccc(-c2cnn(CC(F)(F)F)c(=O)c2OCC(C)(C)C)cc1F. The van der Waals surface area contributed by atoms with Crippen LogP contribution < -0.4 is 10.3 Å². The van der Waals surface area contributed by atoms with Gasteiger partial charge in [-0.05, 0) is 29.4 Å². The third kappa shape index (κ3) is 5.72. The lowest BCUT2D eigenvalue weighted by atomic mass is 9.98. The molecule has 0 spiro atoms. The van der Waals surface area contributed by atoms with Gasteiger partial charge in [-0.3, -0.25) is 4.79 Å². The van der Waals surface area contributed by atoms with Crippen LogP contribution in [0, 0.1) is 11.2 Å². The average molecular weight is 404 g/mol. The smallest absolute Gasteiger partial charge is 0.408 e. The summed E-state index contributed by atoms with van der Waals surface area (Å²) in [5.74, 6) is -0.776. The second kappa shape index (κ2) is 7.92. The lowest BCUT2D eigenvalue weighted by molar-refractivity contribution is -0.143. The van der Waals surface area contributed by atoms with E-state index in [9.17, 15) is 22.4 Å². The van der Waals surface area contributed by atoms with Gasteiger partial charge in [0.15, 0.2) is 5.75 Å². The van der Waals surface area contributed by atoms with Crippen LogP contribution in [0.15, 0.2) is 34.1 Å². The minimum Gasteiger partial charge on any atom is -0.487 e. The Kier molecular flexibility index (Phi) is 6.24. The van der Waals surface area contributed by atoms with Crippen molar-refractivity contribution in [1.29, 1.82) is 0 Å². The summed E-state index contributed by atoms with van der Waals surface area (Å²) in [6.07, 6.45) is -1.79. The van der Waals surface area contributed by atoms with Crippen LogP contribution >= 0.6 is 11.8 Å². The highest BCUT2D eigenvalue weighted by Crippen LogP contribution is 2.31. The standard InChI is InChI=1S/C18H20F4N2O2S/c1-17(2,3)10-26-15-12(11-5-6-14(27-4)13(19)7-11)8-23-24(16(15)25)9-18(20,21)22/h5-8H,9-10H2,1-4H3. The number of nitrogens with zero attached hydrogens (tertiary/aromatic N) is 2. The van der Waals surface area contributed by atoms with E-state index >= 15 is 0 Å². The molecule has 2 aromatic rings. The highest BCUT2D eigenvalue weighted by Gasteiger charge is 2.30. The largest absolute Gasteiger partial charge is 0.487 e. The third-order valence-corrected chi connectivity index (χ3v) is 4.21. The third-order valence-electron chi connectivity index (χ3n) is 3.44. The van der Waals surface area contributed by atoms with E-state index in [1.807, 2.05) is 20.8 Å². The highest BCUT2D eigenvalue weighted by atomic mass is 32.2. The number of thioether (sulfide) groups is 1. The molecule has 0 aliphatic rings. The molecule has 0 aliphatic heterocycles. The zero-order valence-electron chi connectivity index (χ0n) is 15.4. The Morgan fingerprint density at radius 3 is 2.41 bits per heavy atom. The van der Waals surface area contributed by atoms with Crippen LogP contribution in [0.3, 0.4) is 0 Å². The zero-order valence-corrected chi connectivity index (χ0v) is 16.2. The first-order chi connectivity index (χ1) is 12.4. The minimum atomic E-state index is -4.61. The topological polar surface area (TPSA) is 44.1 Å². The molecular weight excluding hydrogens is 384 g/mol. The van der Waals surface area contributed by atoms with Crippen LogP contribution in [0.2, 0.25) is 0 Å². The number of alkyl halides is 3. The summed E-state index contributed by atoms with van der Waals surface area (Å²) in [6.45, 7) is 4.13. The Bertz CT molecular complexity index is 873. The van der Waals surface area contributed by atoms with Gasteiger partial charge in [-0.25, -0.2) is 9.07 Å². The molecule has 0 saturated heterocycles. The summed E-state index contributed by atoms with van der Waals surface area (Å²) >= 11 is 1.22. The second-order valence-electron chi connectivity index (χ2n) is 7.16. The Balaban J connectivity index is 2.57. The molecule has 0 aliphatic carbocycles. The number of benzene rings is 1. The molecule has 0 unspecified atom stereocenters. The summed E-state index contributed by atoms with van der Waals surface area (Å²) in [7, 11) is 0. The molecule has 1 aromatic carbocycles. The van der Waals surface area contributed by atoms with Gasteiger partial charge in [0.05, 0.1) is 12.8 Å². The Morgan fingerprint density at radius 1 is 1.22 bits per heavy atom. The predicted molar refractivity (Wildman–Crippen MR) is 96.7 cm³/mol. The number of aromatic nitrogens is 2. The number of hydrogen-bond acceptors (Lipinski definition) is 4. The number of halogens is 4. The van der Waals surface area contributed by atoms with E-state index < -0.39 is 24.1 Å². The summed E-state index contributed by atoms with van der Waals surface area (Å²) in [5.41, 5.74) is -0.897. The van der Waals surface area contributed by atoms with Crippen molar-refractivity contribution in [1.82, 2.24) is 9.78 Å². The van der Waals surface area contributed by atoms with E-state index in [1.54, 1.807) is 12.3 Å². The Hall–Kier alpha value is -2.03.